The molecule has 0 radical (unpaired) electrons. The highest BCUT2D eigenvalue weighted by molar-refractivity contribution is 6.38. The number of aromatic nitrogens is 4. The Morgan fingerprint density at radius 3 is 2.79 bits per heavy atom. The van der Waals surface area contributed by atoms with E-state index < -0.39 is 5.76 Å². The Hall–Kier alpha value is -2.84. The molecule has 0 aliphatic carbocycles. The Labute approximate surface area is 170 Å². The predicted molar refractivity (Wildman–Crippen MR) is 111 cm³/mol. The summed E-state index contributed by atoms with van der Waals surface area (Å²) in [6.07, 6.45) is 8.02. The van der Waals surface area contributed by atoms with Crippen LogP contribution in [-0.2, 0) is 0 Å². The highest BCUT2D eigenvalue weighted by atomic mass is 35.5. The number of nitrogens with zero attached hydrogens (tertiary/aromatic N) is 3. The minimum absolute atomic E-state index is 0.281. The van der Waals surface area contributed by atoms with Gasteiger partial charge in [-0.25, -0.2) is 14.8 Å². The molecule has 5 heterocycles. The standard InChI is InChI=1S/C20H19ClN6O2/c21-16-12(3-4-14-18(16)26-20(28)29-14)13-7-24-19-17(13)23-8-15(25-19)27-10-1-2-11(27)6-9(22)5-10/h3-4,7-11H,1-2,5-6,22H2,(H,24,25)(H,26,28). The van der Waals surface area contributed by atoms with Gasteiger partial charge in [-0.2, -0.15) is 0 Å². The van der Waals surface area contributed by atoms with Gasteiger partial charge in [0.15, 0.2) is 11.2 Å². The molecule has 2 bridgehead atoms. The van der Waals surface area contributed by atoms with Crippen molar-refractivity contribution in [3.8, 4) is 11.1 Å². The van der Waals surface area contributed by atoms with Crippen LogP contribution in [0.5, 0.6) is 0 Å². The van der Waals surface area contributed by atoms with Gasteiger partial charge in [-0.1, -0.05) is 11.6 Å². The van der Waals surface area contributed by atoms with E-state index in [1.807, 2.05) is 18.5 Å². The number of hydrogen-bond donors (Lipinski definition) is 3. The summed E-state index contributed by atoms with van der Waals surface area (Å²) in [7, 11) is 0. The first kappa shape index (κ1) is 17.1. The van der Waals surface area contributed by atoms with Crippen molar-refractivity contribution in [1.82, 2.24) is 19.9 Å². The molecule has 2 aliphatic heterocycles. The summed E-state index contributed by atoms with van der Waals surface area (Å²) >= 11 is 6.55. The molecule has 2 fully saturated rings. The lowest BCUT2D eigenvalue weighted by molar-refractivity contribution is 0.412. The molecule has 3 aromatic heterocycles. The van der Waals surface area contributed by atoms with Crippen LogP contribution in [0.1, 0.15) is 25.7 Å². The van der Waals surface area contributed by atoms with E-state index in [9.17, 15) is 4.79 Å². The van der Waals surface area contributed by atoms with Crippen molar-refractivity contribution in [1.29, 1.82) is 0 Å². The molecule has 4 N–H and O–H groups in total. The van der Waals surface area contributed by atoms with Gasteiger partial charge in [-0.3, -0.25) is 4.98 Å². The quantitative estimate of drug-likeness (QED) is 0.467. The summed E-state index contributed by atoms with van der Waals surface area (Å²) < 4.78 is 5.08. The SMILES string of the molecule is NC1CC2CCC(C1)N2c1cnc2c(-c3ccc4oc(=O)[nH]c4c3Cl)c[nH]c2n1. The van der Waals surface area contributed by atoms with E-state index in [1.54, 1.807) is 6.07 Å². The normalized spacial score (nSPS) is 24.1. The molecule has 148 valence electrons. The van der Waals surface area contributed by atoms with E-state index in [4.69, 9.17) is 31.7 Å². The number of nitrogens with two attached hydrogens (primary N) is 1. The maximum Gasteiger partial charge on any atom is 0.417 e. The van der Waals surface area contributed by atoms with E-state index in [2.05, 4.69) is 14.9 Å². The monoisotopic (exact) mass is 410 g/mol. The zero-order valence-electron chi connectivity index (χ0n) is 15.5. The van der Waals surface area contributed by atoms with Gasteiger partial charge in [0.1, 0.15) is 16.9 Å². The van der Waals surface area contributed by atoms with Gasteiger partial charge in [0, 0.05) is 35.4 Å². The van der Waals surface area contributed by atoms with Crippen LogP contribution >= 0.6 is 11.6 Å². The summed E-state index contributed by atoms with van der Waals surface area (Å²) in [6, 6.07) is 4.72. The Morgan fingerprint density at radius 1 is 1.21 bits per heavy atom. The first-order valence-electron chi connectivity index (χ1n) is 9.78. The first-order valence-corrected chi connectivity index (χ1v) is 10.2. The van der Waals surface area contributed by atoms with E-state index in [0.717, 1.165) is 48.1 Å². The van der Waals surface area contributed by atoms with Crippen LogP contribution in [0, 0.1) is 0 Å². The number of rotatable bonds is 2. The van der Waals surface area contributed by atoms with Crippen LogP contribution in [-0.4, -0.2) is 38.1 Å². The zero-order valence-corrected chi connectivity index (χ0v) is 16.2. The molecular formula is C20H19ClN6O2. The van der Waals surface area contributed by atoms with Crippen LogP contribution in [0.15, 0.2) is 33.7 Å². The molecule has 4 aromatic rings. The Morgan fingerprint density at radius 2 is 2.00 bits per heavy atom. The number of hydrogen-bond acceptors (Lipinski definition) is 6. The van der Waals surface area contributed by atoms with Crippen molar-refractivity contribution in [3.05, 3.63) is 40.1 Å². The number of fused-ring (bicyclic) bond motifs is 4. The second-order valence-corrected chi connectivity index (χ2v) is 8.34. The average Bonchev–Trinajstić information content (AvgIpc) is 3.36. The highest BCUT2D eigenvalue weighted by Crippen LogP contribution is 2.40. The number of benzene rings is 1. The summed E-state index contributed by atoms with van der Waals surface area (Å²) in [5.74, 6) is 0.365. The fourth-order valence-corrected chi connectivity index (χ4v) is 5.31. The maximum atomic E-state index is 11.5. The Balaban J connectivity index is 1.43. The number of anilines is 1. The topological polar surface area (TPSA) is 117 Å². The molecule has 6 rings (SSSR count). The first-order chi connectivity index (χ1) is 14.1. The van der Waals surface area contributed by atoms with Crippen LogP contribution in [0.4, 0.5) is 5.82 Å². The van der Waals surface area contributed by atoms with Crippen LogP contribution in [0.2, 0.25) is 5.02 Å². The fraction of sp³-hybridized carbons (Fsp3) is 0.350. The van der Waals surface area contributed by atoms with E-state index in [0.29, 0.717) is 33.9 Å². The highest BCUT2D eigenvalue weighted by Gasteiger charge is 2.40. The number of oxazole rings is 1. The molecular weight excluding hydrogens is 392 g/mol. The van der Waals surface area contributed by atoms with Gasteiger partial charge in [0.25, 0.3) is 0 Å². The lowest BCUT2D eigenvalue weighted by Gasteiger charge is -2.38. The largest absolute Gasteiger partial charge is 0.417 e. The molecule has 2 unspecified atom stereocenters. The second-order valence-electron chi connectivity index (χ2n) is 7.97. The summed E-state index contributed by atoms with van der Waals surface area (Å²) in [5.41, 5.74) is 10.1. The molecule has 29 heavy (non-hydrogen) atoms. The summed E-state index contributed by atoms with van der Waals surface area (Å²) in [4.78, 5) is 29.3. The molecule has 1 aromatic carbocycles. The number of nitrogens with one attached hydrogen (secondary N) is 2. The minimum atomic E-state index is -0.529. The average molecular weight is 411 g/mol. The molecule has 0 spiro atoms. The third-order valence-electron chi connectivity index (χ3n) is 6.23. The number of H-pyrrole nitrogens is 2. The van der Waals surface area contributed by atoms with E-state index >= 15 is 0 Å². The number of aromatic amines is 2. The smallest absolute Gasteiger partial charge is 0.408 e. The van der Waals surface area contributed by atoms with Crippen LogP contribution in [0.3, 0.4) is 0 Å². The fourth-order valence-electron chi connectivity index (χ4n) is 5.00. The summed E-state index contributed by atoms with van der Waals surface area (Å²) in [5, 5.41) is 0.420. The zero-order chi connectivity index (χ0) is 19.7. The summed E-state index contributed by atoms with van der Waals surface area (Å²) in [6.45, 7) is 0. The third kappa shape index (κ3) is 2.52. The minimum Gasteiger partial charge on any atom is -0.408 e. The van der Waals surface area contributed by atoms with Crippen molar-refractivity contribution in [2.24, 2.45) is 5.73 Å². The molecule has 2 saturated heterocycles. The van der Waals surface area contributed by atoms with E-state index in [1.165, 1.54) is 0 Å². The van der Waals surface area contributed by atoms with Crippen molar-refractivity contribution in [2.75, 3.05) is 4.90 Å². The molecule has 9 heteroatoms. The molecule has 8 nitrogen and oxygen atoms in total. The van der Waals surface area contributed by atoms with Gasteiger partial charge >= 0.3 is 5.76 Å². The van der Waals surface area contributed by atoms with Crippen molar-refractivity contribution >= 4 is 39.7 Å². The third-order valence-corrected chi connectivity index (χ3v) is 6.62. The maximum absolute atomic E-state index is 11.5. The Kier molecular flexibility index (Phi) is 3.57. The lowest BCUT2D eigenvalue weighted by atomic mass is 9.98. The number of halogens is 1. The van der Waals surface area contributed by atoms with Crippen LogP contribution in [0.25, 0.3) is 33.4 Å². The second kappa shape index (κ2) is 6.08. The van der Waals surface area contributed by atoms with Gasteiger partial charge in [-0.05, 0) is 37.8 Å². The molecule has 2 aliphatic rings. The van der Waals surface area contributed by atoms with E-state index in [-0.39, 0.29) is 6.04 Å². The van der Waals surface area contributed by atoms with Gasteiger partial charge in [0.05, 0.1) is 11.2 Å². The van der Waals surface area contributed by atoms with Crippen molar-refractivity contribution < 1.29 is 4.42 Å². The lowest BCUT2D eigenvalue weighted by Crippen LogP contribution is -2.47. The molecule has 0 saturated carbocycles. The van der Waals surface area contributed by atoms with Gasteiger partial charge in [-0.15, -0.1) is 0 Å². The molecule has 0 amide bonds. The van der Waals surface area contributed by atoms with Gasteiger partial charge in [0.2, 0.25) is 0 Å². The van der Waals surface area contributed by atoms with Crippen molar-refractivity contribution in [2.45, 2.75) is 43.8 Å². The predicted octanol–water partition coefficient (Wildman–Crippen LogP) is 3.17. The van der Waals surface area contributed by atoms with Crippen LogP contribution < -0.4 is 16.4 Å². The molecule has 2 atom stereocenters. The number of piperidine rings is 1. The van der Waals surface area contributed by atoms with Crippen molar-refractivity contribution in [3.63, 3.8) is 0 Å². The Bertz CT molecular complexity index is 1290. The van der Waals surface area contributed by atoms with Gasteiger partial charge < -0.3 is 20.0 Å².